The second kappa shape index (κ2) is 10.3. The van der Waals surface area contributed by atoms with Gasteiger partial charge in [0.05, 0.1) is 19.4 Å². The van der Waals surface area contributed by atoms with E-state index in [1.54, 1.807) is 12.1 Å². The Kier molecular flexibility index (Phi) is 7.81. The Morgan fingerprint density at radius 1 is 1.15 bits per heavy atom. The highest BCUT2D eigenvalue weighted by molar-refractivity contribution is 5.84. The molecule has 0 aromatic carbocycles. The van der Waals surface area contributed by atoms with Crippen LogP contribution in [0.1, 0.15) is 32.6 Å². The number of carbonyl (C=O) groups is 2. The number of aromatic nitrogens is 2. The van der Waals surface area contributed by atoms with Crippen molar-refractivity contribution in [2.45, 2.75) is 33.2 Å². The summed E-state index contributed by atoms with van der Waals surface area (Å²) in [6, 6.07) is 3.49. The van der Waals surface area contributed by atoms with Gasteiger partial charge in [-0.25, -0.2) is 0 Å². The van der Waals surface area contributed by atoms with Gasteiger partial charge in [-0.05, 0) is 25.0 Å². The van der Waals surface area contributed by atoms with E-state index in [0.29, 0.717) is 30.6 Å². The maximum absolute atomic E-state index is 12.1. The smallest absolute Gasteiger partial charge is 0.283 e. The number of furan rings is 1. The lowest BCUT2D eigenvalue weighted by atomic mass is 10.3. The molecule has 2 aromatic rings. The third-order valence-electron chi connectivity index (χ3n) is 3.63. The Bertz CT molecular complexity index is 683. The number of quaternary nitrogens is 1. The molecule has 0 radical (unpaired) electrons. The van der Waals surface area contributed by atoms with E-state index < -0.39 is 0 Å². The van der Waals surface area contributed by atoms with Crippen LogP contribution in [-0.2, 0) is 16.1 Å². The summed E-state index contributed by atoms with van der Waals surface area (Å²) >= 11 is 0. The highest BCUT2D eigenvalue weighted by Gasteiger charge is 2.19. The number of rotatable bonds is 11. The van der Waals surface area contributed by atoms with Gasteiger partial charge in [0.15, 0.2) is 18.8 Å². The zero-order chi connectivity index (χ0) is 18.8. The molecule has 0 saturated heterocycles. The molecular formula is C17H26N5O4+. The molecule has 3 N–H and O–H groups in total. The first-order chi connectivity index (χ1) is 12.6. The van der Waals surface area contributed by atoms with Gasteiger partial charge >= 0.3 is 0 Å². The van der Waals surface area contributed by atoms with Crippen molar-refractivity contribution in [2.75, 3.05) is 26.2 Å². The number of hydrogen-bond donors (Lipinski definition) is 3. The standard InChI is InChI=1S/C17H25N5O4/c1-3-7-18-14(23)10-19-15(24)11-22(8-4-2)12-16-20-21-17(26-16)13-6-5-9-25-13/h5-6,9H,3-4,7-8,10-12H2,1-2H3,(H,18,23)(H,19,24)/p+1. The van der Waals surface area contributed by atoms with Crippen molar-refractivity contribution >= 4 is 11.8 Å². The molecule has 0 fully saturated rings. The molecule has 1 atom stereocenters. The molecule has 2 rings (SSSR count). The zero-order valence-corrected chi connectivity index (χ0v) is 15.2. The monoisotopic (exact) mass is 364 g/mol. The molecule has 0 aliphatic carbocycles. The van der Waals surface area contributed by atoms with Crippen LogP contribution in [0.2, 0.25) is 0 Å². The first kappa shape index (κ1) is 19.6. The minimum atomic E-state index is -0.189. The number of hydrogen-bond acceptors (Lipinski definition) is 6. The van der Waals surface area contributed by atoms with E-state index in [1.807, 2.05) is 13.8 Å². The van der Waals surface area contributed by atoms with Crippen LogP contribution in [0.3, 0.4) is 0 Å². The third kappa shape index (κ3) is 6.32. The van der Waals surface area contributed by atoms with Crippen LogP contribution in [0.5, 0.6) is 0 Å². The summed E-state index contributed by atoms with van der Waals surface area (Å²) in [4.78, 5) is 24.6. The summed E-state index contributed by atoms with van der Waals surface area (Å²) in [7, 11) is 0. The van der Waals surface area contributed by atoms with Crippen LogP contribution in [-0.4, -0.2) is 48.2 Å². The van der Waals surface area contributed by atoms with E-state index in [9.17, 15) is 9.59 Å². The predicted molar refractivity (Wildman–Crippen MR) is 93.0 cm³/mol. The Hall–Kier alpha value is -2.68. The van der Waals surface area contributed by atoms with Gasteiger partial charge in [0, 0.05) is 6.54 Å². The first-order valence-corrected chi connectivity index (χ1v) is 8.85. The van der Waals surface area contributed by atoms with Gasteiger partial charge in [0.25, 0.3) is 17.7 Å². The second-order valence-electron chi connectivity index (χ2n) is 5.96. The van der Waals surface area contributed by atoms with Crippen LogP contribution < -0.4 is 15.5 Å². The molecule has 142 valence electrons. The van der Waals surface area contributed by atoms with Crippen molar-refractivity contribution in [3.05, 3.63) is 24.3 Å². The quantitative estimate of drug-likeness (QED) is 0.507. The van der Waals surface area contributed by atoms with Crippen LogP contribution >= 0.6 is 0 Å². The van der Waals surface area contributed by atoms with Crippen LogP contribution in [0, 0.1) is 0 Å². The van der Waals surface area contributed by atoms with E-state index in [1.165, 1.54) is 6.26 Å². The Balaban J connectivity index is 1.84. The number of nitrogens with zero attached hydrogens (tertiary/aromatic N) is 2. The molecule has 0 bridgehead atoms. The Morgan fingerprint density at radius 2 is 2.00 bits per heavy atom. The van der Waals surface area contributed by atoms with Crippen molar-refractivity contribution in [1.29, 1.82) is 0 Å². The van der Waals surface area contributed by atoms with E-state index in [4.69, 9.17) is 8.83 Å². The Morgan fingerprint density at radius 3 is 2.69 bits per heavy atom. The minimum absolute atomic E-state index is 0.0125. The normalized spacial score (nSPS) is 11.9. The molecule has 2 aromatic heterocycles. The maximum Gasteiger partial charge on any atom is 0.283 e. The van der Waals surface area contributed by atoms with Gasteiger partial charge in [-0.1, -0.05) is 13.8 Å². The molecular weight excluding hydrogens is 338 g/mol. The highest BCUT2D eigenvalue weighted by atomic mass is 16.4. The molecule has 9 nitrogen and oxygen atoms in total. The summed E-state index contributed by atoms with van der Waals surface area (Å²) in [5.41, 5.74) is 0. The number of amides is 2. The van der Waals surface area contributed by atoms with Crippen molar-refractivity contribution in [3.8, 4) is 11.7 Å². The highest BCUT2D eigenvalue weighted by Crippen LogP contribution is 2.17. The first-order valence-electron chi connectivity index (χ1n) is 8.85. The maximum atomic E-state index is 12.1. The fourth-order valence-corrected chi connectivity index (χ4v) is 2.43. The molecule has 0 aliphatic rings. The third-order valence-corrected chi connectivity index (χ3v) is 3.63. The van der Waals surface area contributed by atoms with Gasteiger partial charge < -0.3 is 24.4 Å². The summed E-state index contributed by atoms with van der Waals surface area (Å²) in [6.07, 6.45) is 3.30. The lowest BCUT2D eigenvalue weighted by Gasteiger charge is -2.16. The summed E-state index contributed by atoms with van der Waals surface area (Å²) < 4.78 is 10.8. The van der Waals surface area contributed by atoms with Crippen molar-refractivity contribution in [2.24, 2.45) is 0 Å². The fourth-order valence-electron chi connectivity index (χ4n) is 2.43. The summed E-state index contributed by atoms with van der Waals surface area (Å²) in [5.74, 6) is 0.894. The van der Waals surface area contributed by atoms with Crippen LogP contribution in [0.4, 0.5) is 0 Å². The molecule has 0 spiro atoms. The van der Waals surface area contributed by atoms with E-state index in [2.05, 4.69) is 20.8 Å². The van der Waals surface area contributed by atoms with Gasteiger partial charge in [-0.3, -0.25) is 9.59 Å². The van der Waals surface area contributed by atoms with E-state index in [-0.39, 0.29) is 24.9 Å². The van der Waals surface area contributed by atoms with Gasteiger partial charge in [0.1, 0.15) is 0 Å². The minimum Gasteiger partial charge on any atom is -0.459 e. The van der Waals surface area contributed by atoms with Gasteiger partial charge in [-0.15, -0.1) is 10.2 Å². The van der Waals surface area contributed by atoms with E-state index in [0.717, 1.165) is 24.3 Å². The lowest BCUT2D eigenvalue weighted by molar-refractivity contribution is -0.907. The lowest BCUT2D eigenvalue weighted by Crippen LogP contribution is -3.12. The molecule has 2 amide bonds. The van der Waals surface area contributed by atoms with Gasteiger partial charge in [0.2, 0.25) is 5.91 Å². The molecule has 0 aliphatic heterocycles. The number of carbonyl (C=O) groups excluding carboxylic acids is 2. The molecule has 9 heteroatoms. The van der Waals surface area contributed by atoms with E-state index >= 15 is 0 Å². The Labute approximate surface area is 152 Å². The average Bonchev–Trinajstić information content (AvgIpc) is 3.29. The average molecular weight is 364 g/mol. The van der Waals surface area contributed by atoms with Gasteiger partial charge in [-0.2, -0.15) is 0 Å². The zero-order valence-electron chi connectivity index (χ0n) is 15.2. The largest absolute Gasteiger partial charge is 0.459 e. The van der Waals surface area contributed by atoms with Crippen molar-refractivity contribution in [3.63, 3.8) is 0 Å². The van der Waals surface area contributed by atoms with Crippen molar-refractivity contribution < 1.29 is 23.3 Å². The topological polar surface area (TPSA) is 115 Å². The second-order valence-corrected chi connectivity index (χ2v) is 5.96. The van der Waals surface area contributed by atoms with Crippen LogP contribution in [0.25, 0.3) is 11.7 Å². The van der Waals surface area contributed by atoms with Crippen molar-refractivity contribution in [1.82, 2.24) is 20.8 Å². The molecule has 1 unspecified atom stereocenters. The fraction of sp³-hybridized carbons (Fsp3) is 0.529. The molecule has 26 heavy (non-hydrogen) atoms. The summed E-state index contributed by atoms with van der Waals surface area (Å²) in [6.45, 7) is 6.04. The molecule has 2 heterocycles. The summed E-state index contributed by atoms with van der Waals surface area (Å²) in [5, 5.41) is 13.3. The SMILES string of the molecule is CCCNC(=O)CNC(=O)C[NH+](CCC)Cc1nnc(-c2ccco2)o1. The molecule has 0 saturated carbocycles. The number of nitrogens with one attached hydrogen (secondary N) is 3. The van der Waals surface area contributed by atoms with Crippen LogP contribution in [0.15, 0.2) is 27.2 Å². The predicted octanol–water partition coefficient (Wildman–Crippen LogP) is -0.233.